The topological polar surface area (TPSA) is 101 Å². The maximum absolute atomic E-state index is 12.5. The first-order valence-electron chi connectivity index (χ1n) is 10.0. The van der Waals surface area contributed by atoms with Gasteiger partial charge in [0.2, 0.25) is 11.9 Å². The van der Waals surface area contributed by atoms with Crippen LogP contribution in [0.3, 0.4) is 0 Å². The van der Waals surface area contributed by atoms with Gasteiger partial charge in [0.15, 0.2) is 5.16 Å². The van der Waals surface area contributed by atoms with Gasteiger partial charge in [-0.1, -0.05) is 43.8 Å². The Kier molecular flexibility index (Phi) is 7.69. The van der Waals surface area contributed by atoms with Crippen LogP contribution in [0.25, 0.3) is 5.69 Å². The summed E-state index contributed by atoms with van der Waals surface area (Å²) in [4.78, 5) is 26.5. The lowest BCUT2D eigenvalue weighted by atomic mass is 10.2. The number of thioether (sulfide) groups is 1. The van der Waals surface area contributed by atoms with Gasteiger partial charge < -0.3 is 15.0 Å². The normalized spacial score (nSPS) is 15.1. The van der Waals surface area contributed by atoms with Crippen molar-refractivity contribution in [1.29, 1.82) is 0 Å². The van der Waals surface area contributed by atoms with Crippen molar-refractivity contribution < 1.29 is 14.3 Å². The van der Waals surface area contributed by atoms with Crippen LogP contribution in [0.4, 0.5) is 10.7 Å². The van der Waals surface area contributed by atoms with E-state index >= 15 is 0 Å². The lowest BCUT2D eigenvalue weighted by molar-refractivity contribution is -0.119. The fourth-order valence-electron chi connectivity index (χ4n) is 2.88. The fraction of sp³-hybridized carbons (Fsp3) is 0.500. The van der Waals surface area contributed by atoms with E-state index < -0.39 is 11.3 Å². The third-order valence-electron chi connectivity index (χ3n) is 4.48. The van der Waals surface area contributed by atoms with E-state index in [0.29, 0.717) is 36.8 Å². The Morgan fingerprint density at radius 3 is 2.50 bits per heavy atom. The first kappa shape index (κ1) is 22.1. The summed E-state index contributed by atoms with van der Waals surface area (Å²) in [7, 11) is 0. The van der Waals surface area contributed by atoms with Gasteiger partial charge in [-0.25, -0.2) is 4.79 Å². The van der Waals surface area contributed by atoms with Crippen LogP contribution in [0, 0.1) is 5.92 Å². The SMILES string of the molecule is CC(C)CNC(=O)NC(=O)C(C)Sc1nnc(N2CCOCC2)n1-c1ccccc1. The molecule has 1 aromatic heterocycles. The quantitative estimate of drug-likeness (QED) is 0.646. The van der Waals surface area contributed by atoms with Gasteiger partial charge in [-0.15, -0.1) is 10.2 Å². The Labute approximate surface area is 180 Å². The van der Waals surface area contributed by atoms with Gasteiger partial charge >= 0.3 is 6.03 Å². The number of rotatable bonds is 7. The Morgan fingerprint density at radius 2 is 1.83 bits per heavy atom. The van der Waals surface area contributed by atoms with Crippen LogP contribution in [-0.4, -0.2) is 64.8 Å². The summed E-state index contributed by atoms with van der Waals surface area (Å²) in [5.74, 6) is 0.645. The molecule has 1 aliphatic heterocycles. The molecule has 1 fully saturated rings. The number of imide groups is 1. The maximum atomic E-state index is 12.5. The lowest BCUT2D eigenvalue weighted by Crippen LogP contribution is -2.43. The van der Waals surface area contributed by atoms with Crippen molar-refractivity contribution in [2.24, 2.45) is 5.92 Å². The molecule has 1 aromatic carbocycles. The molecule has 30 heavy (non-hydrogen) atoms. The van der Waals surface area contributed by atoms with E-state index in [1.807, 2.05) is 48.7 Å². The Hall–Kier alpha value is -2.59. The fourth-order valence-corrected chi connectivity index (χ4v) is 3.74. The summed E-state index contributed by atoms with van der Waals surface area (Å²) in [5, 5.41) is 13.9. The number of carbonyl (C=O) groups is 2. The lowest BCUT2D eigenvalue weighted by Gasteiger charge is -2.28. The molecule has 1 saturated heterocycles. The number of urea groups is 1. The molecular weight excluding hydrogens is 404 g/mol. The van der Waals surface area contributed by atoms with Gasteiger partial charge in [0.05, 0.1) is 24.2 Å². The van der Waals surface area contributed by atoms with E-state index in [0.717, 1.165) is 18.8 Å². The largest absolute Gasteiger partial charge is 0.378 e. The summed E-state index contributed by atoms with van der Waals surface area (Å²) >= 11 is 1.26. The minimum Gasteiger partial charge on any atom is -0.378 e. The standard InChI is InChI=1S/C20H28N6O3S/c1-14(2)13-21-18(28)22-17(27)15(3)30-20-24-23-19(25-9-11-29-12-10-25)26(20)16-7-5-4-6-8-16/h4-8,14-15H,9-13H2,1-3H3,(H2,21,22,27,28). The second kappa shape index (κ2) is 10.4. The number of nitrogens with one attached hydrogen (secondary N) is 2. The minimum absolute atomic E-state index is 0.306. The smallest absolute Gasteiger partial charge is 0.321 e. The molecule has 1 aliphatic rings. The van der Waals surface area contributed by atoms with Crippen LogP contribution in [0.2, 0.25) is 0 Å². The van der Waals surface area contributed by atoms with Gasteiger partial charge in [0, 0.05) is 19.6 Å². The molecule has 9 nitrogen and oxygen atoms in total. The third-order valence-corrected chi connectivity index (χ3v) is 5.53. The van der Waals surface area contributed by atoms with Crippen molar-refractivity contribution in [3.05, 3.63) is 30.3 Å². The number of nitrogens with zero attached hydrogens (tertiary/aromatic N) is 4. The summed E-state index contributed by atoms with van der Waals surface area (Å²) in [5.41, 5.74) is 0.911. The molecule has 0 spiro atoms. The number of amides is 3. The number of hydrogen-bond acceptors (Lipinski definition) is 7. The second-order valence-corrected chi connectivity index (χ2v) is 8.71. The van der Waals surface area contributed by atoms with Gasteiger partial charge in [-0.05, 0) is 25.0 Å². The minimum atomic E-state index is -0.529. The Morgan fingerprint density at radius 1 is 1.13 bits per heavy atom. The van der Waals surface area contributed by atoms with Crippen molar-refractivity contribution in [3.63, 3.8) is 0 Å². The second-order valence-electron chi connectivity index (χ2n) is 7.41. The molecule has 2 heterocycles. The number of aromatic nitrogens is 3. The first-order valence-corrected chi connectivity index (χ1v) is 10.9. The van der Waals surface area contributed by atoms with Gasteiger partial charge in [-0.3, -0.25) is 14.7 Å². The highest BCUT2D eigenvalue weighted by atomic mass is 32.2. The molecule has 3 amide bonds. The number of hydrogen-bond donors (Lipinski definition) is 2. The zero-order chi connectivity index (χ0) is 21.5. The molecule has 0 saturated carbocycles. The molecule has 10 heteroatoms. The van der Waals surface area contributed by atoms with Crippen LogP contribution in [0.15, 0.2) is 35.5 Å². The molecule has 162 valence electrons. The van der Waals surface area contributed by atoms with E-state index in [1.165, 1.54) is 11.8 Å². The Bertz CT molecular complexity index is 851. The number of benzene rings is 1. The molecule has 0 bridgehead atoms. The molecule has 3 rings (SSSR count). The van der Waals surface area contributed by atoms with Crippen molar-refractivity contribution in [3.8, 4) is 5.69 Å². The van der Waals surface area contributed by atoms with Gasteiger partial charge in [-0.2, -0.15) is 0 Å². The molecule has 2 N–H and O–H groups in total. The highest BCUT2D eigenvalue weighted by Gasteiger charge is 2.25. The van der Waals surface area contributed by atoms with Crippen LogP contribution in [0.5, 0.6) is 0 Å². The van der Waals surface area contributed by atoms with Gasteiger partial charge in [0.25, 0.3) is 0 Å². The summed E-state index contributed by atoms with van der Waals surface area (Å²) in [6.45, 7) is 8.94. The molecule has 2 aromatic rings. The molecular formula is C20H28N6O3S. The van der Waals surface area contributed by atoms with Crippen LogP contribution >= 0.6 is 11.8 Å². The number of carbonyl (C=O) groups excluding carboxylic acids is 2. The average molecular weight is 433 g/mol. The highest BCUT2D eigenvalue weighted by Crippen LogP contribution is 2.29. The maximum Gasteiger partial charge on any atom is 0.321 e. The van der Waals surface area contributed by atoms with Crippen LogP contribution < -0.4 is 15.5 Å². The first-order chi connectivity index (χ1) is 14.5. The van der Waals surface area contributed by atoms with Gasteiger partial charge in [0.1, 0.15) is 0 Å². The zero-order valence-electron chi connectivity index (χ0n) is 17.5. The van der Waals surface area contributed by atoms with E-state index in [4.69, 9.17) is 4.74 Å². The van der Waals surface area contributed by atoms with E-state index in [2.05, 4.69) is 25.7 Å². The van der Waals surface area contributed by atoms with Crippen molar-refractivity contribution in [1.82, 2.24) is 25.4 Å². The molecule has 0 radical (unpaired) electrons. The van der Waals surface area contributed by atoms with E-state index in [1.54, 1.807) is 6.92 Å². The van der Waals surface area contributed by atoms with Crippen molar-refractivity contribution in [2.75, 3.05) is 37.7 Å². The average Bonchev–Trinajstić information content (AvgIpc) is 3.17. The number of anilines is 1. The third kappa shape index (κ3) is 5.73. The molecule has 1 unspecified atom stereocenters. The van der Waals surface area contributed by atoms with Crippen LogP contribution in [0.1, 0.15) is 20.8 Å². The Balaban J connectivity index is 1.76. The zero-order valence-corrected chi connectivity index (χ0v) is 18.3. The van der Waals surface area contributed by atoms with Crippen LogP contribution in [-0.2, 0) is 9.53 Å². The molecule has 1 atom stereocenters. The summed E-state index contributed by atoms with van der Waals surface area (Å²) in [6, 6.07) is 9.30. The molecule has 0 aliphatic carbocycles. The summed E-state index contributed by atoms with van der Waals surface area (Å²) in [6.07, 6.45) is 0. The number of morpholine rings is 1. The highest BCUT2D eigenvalue weighted by molar-refractivity contribution is 8.00. The van der Waals surface area contributed by atoms with E-state index in [9.17, 15) is 9.59 Å². The van der Waals surface area contributed by atoms with Crippen molar-refractivity contribution >= 4 is 29.6 Å². The monoisotopic (exact) mass is 432 g/mol. The predicted octanol–water partition coefficient (Wildman–Crippen LogP) is 2.07. The summed E-state index contributed by atoms with van der Waals surface area (Å²) < 4.78 is 7.39. The number of ether oxygens (including phenoxy) is 1. The number of para-hydroxylation sites is 1. The van der Waals surface area contributed by atoms with E-state index in [-0.39, 0.29) is 5.91 Å². The van der Waals surface area contributed by atoms with Crippen molar-refractivity contribution in [2.45, 2.75) is 31.2 Å². The predicted molar refractivity (Wildman–Crippen MR) is 116 cm³/mol.